The van der Waals surface area contributed by atoms with E-state index < -0.39 is 28.9 Å². The van der Waals surface area contributed by atoms with Crippen molar-refractivity contribution < 1.29 is 27.9 Å². The summed E-state index contributed by atoms with van der Waals surface area (Å²) in [5.41, 5.74) is -1.42. The second-order valence-corrected chi connectivity index (χ2v) is 3.58. The number of ketones is 1. The molecule has 0 aliphatic rings. The van der Waals surface area contributed by atoms with Crippen LogP contribution in [0.2, 0.25) is 0 Å². The van der Waals surface area contributed by atoms with Crippen LogP contribution >= 0.6 is 11.6 Å². The van der Waals surface area contributed by atoms with Crippen LogP contribution in [0.1, 0.15) is 15.9 Å². The van der Waals surface area contributed by atoms with Crippen LogP contribution in [0.5, 0.6) is 0 Å². The predicted octanol–water partition coefficient (Wildman–Crippen LogP) is 2.58. The highest BCUT2D eigenvalue weighted by Crippen LogP contribution is 2.29. The van der Waals surface area contributed by atoms with Gasteiger partial charge in [0, 0.05) is 5.56 Å². The molecule has 0 aliphatic heterocycles. The van der Waals surface area contributed by atoms with Crippen LogP contribution in [-0.4, -0.2) is 22.2 Å². The van der Waals surface area contributed by atoms with E-state index in [2.05, 4.69) is 0 Å². The molecular weight excluding hydrogens is 261 g/mol. The van der Waals surface area contributed by atoms with Crippen LogP contribution in [0.15, 0.2) is 24.3 Å². The fraction of sp³-hybridized carbons (Fsp3) is 0.200. The van der Waals surface area contributed by atoms with Gasteiger partial charge in [0.25, 0.3) is 0 Å². The van der Waals surface area contributed by atoms with Gasteiger partial charge >= 0.3 is 12.1 Å². The van der Waals surface area contributed by atoms with Crippen molar-refractivity contribution in [3.63, 3.8) is 0 Å². The summed E-state index contributed by atoms with van der Waals surface area (Å²) < 4.78 is 37.0. The summed E-state index contributed by atoms with van der Waals surface area (Å²) in [6.07, 6.45) is -4.60. The first-order valence-corrected chi connectivity index (χ1v) is 4.75. The van der Waals surface area contributed by atoms with Crippen molar-refractivity contribution in [1.82, 2.24) is 0 Å². The lowest BCUT2D eigenvalue weighted by molar-refractivity contribution is -0.137. The molecule has 0 bridgehead atoms. The Morgan fingerprint density at radius 2 is 1.88 bits per heavy atom. The number of benzene rings is 1. The van der Waals surface area contributed by atoms with E-state index in [1.54, 1.807) is 0 Å². The molecule has 0 aromatic heterocycles. The van der Waals surface area contributed by atoms with Gasteiger partial charge in [-0.2, -0.15) is 13.2 Å². The summed E-state index contributed by atoms with van der Waals surface area (Å²) in [5, 5.41) is 6.58. The Morgan fingerprint density at radius 1 is 1.29 bits per heavy atom. The lowest BCUT2D eigenvalue weighted by atomic mass is 10.0. The molecule has 0 fully saturated rings. The number of rotatable bonds is 3. The summed E-state index contributed by atoms with van der Waals surface area (Å²) in [4.78, 5) is 21.8. The highest BCUT2D eigenvalue weighted by molar-refractivity contribution is 6.43. The van der Waals surface area contributed by atoms with E-state index >= 15 is 0 Å². The SMILES string of the molecule is O=C(O)C(Cl)C(=O)c1cccc(C(F)(F)F)c1. The third kappa shape index (κ3) is 3.20. The quantitative estimate of drug-likeness (QED) is 0.520. The molecule has 7 heteroatoms. The number of carboxylic acid groups (broad SMARTS) is 1. The first-order valence-electron chi connectivity index (χ1n) is 4.32. The lowest BCUT2D eigenvalue weighted by Crippen LogP contribution is -2.24. The monoisotopic (exact) mass is 266 g/mol. The molecule has 1 unspecified atom stereocenters. The van der Waals surface area contributed by atoms with E-state index in [0.29, 0.717) is 6.07 Å². The van der Waals surface area contributed by atoms with Gasteiger partial charge in [-0.3, -0.25) is 9.59 Å². The molecule has 0 aliphatic carbocycles. The number of halogens is 4. The van der Waals surface area contributed by atoms with Crippen molar-refractivity contribution in [3.8, 4) is 0 Å². The Labute approximate surface area is 98.8 Å². The number of carbonyl (C=O) groups excluding carboxylic acids is 1. The van der Waals surface area contributed by atoms with E-state index in [0.717, 1.165) is 18.2 Å². The Bertz CT molecular complexity index is 456. The van der Waals surface area contributed by atoms with Crippen LogP contribution in [0.3, 0.4) is 0 Å². The molecule has 1 aromatic carbocycles. The molecule has 0 saturated heterocycles. The van der Waals surface area contributed by atoms with Crippen LogP contribution in [0, 0.1) is 0 Å². The largest absolute Gasteiger partial charge is 0.480 e. The molecule has 0 amide bonds. The number of hydrogen-bond acceptors (Lipinski definition) is 2. The molecule has 0 saturated carbocycles. The minimum atomic E-state index is -4.60. The smallest absolute Gasteiger partial charge is 0.416 e. The maximum atomic E-state index is 12.3. The average molecular weight is 267 g/mol. The van der Waals surface area contributed by atoms with Gasteiger partial charge in [-0.1, -0.05) is 12.1 Å². The van der Waals surface area contributed by atoms with Crippen LogP contribution in [-0.2, 0) is 11.0 Å². The number of hydrogen-bond donors (Lipinski definition) is 1. The molecule has 1 N–H and O–H groups in total. The minimum Gasteiger partial charge on any atom is -0.480 e. The van der Waals surface area contributed by atoms with Gasteiger partial charge in [0.05, 0.1) is 5.56 Å². The van der Waals surface area contributed by atoms with Crippen molar-refractivity contribution in [2.24, 2.45) is 0 Å². The maximum absolute atomic E-state index is 12.3. The van der Waals surface area contributed by atoms with Gasteiger partial charge in [-0.15, -0.1) is 11.6 Å². The highest BCUT2D eigenvalue weighted by atomic mass is 35.5. The van der Waals surface area contributed by atoms with Gasteiger partial charge in [0.2, 0.25) is 0 Å². The van der Waals surface area contributed by atoms with Gasteiger partial charge in [-0.05, 0) is 12.1 Å². The zero-order valence-corrected chi connectivity index (χ0v) is 8.92. The molecule has 1 rings (SSSR count). The fourth-order valence-electron chi connectivity index (χ4n) is 1.11. The first-order chi connectivity index (χ1) is 7.73. The van der Waals surface area contributed by atoms with Crippen molar-refractivity contribution in [1.29, 1.82) is 0 Å². The molecule has 1 aromatic rings. The summed E-state index contributed by atoms with van der Waals surface area (Å²) in [5.74, 6) is -2.68. The summed E-state index contributed by atoms with van der Waals surface area (Å²) in [6, 6.07) is 3.44. The van der Waals surface area contributed by atoms with E-state index in [9.17, 15) is 22.8 Å². The molecular formula is C10H6ClF3O3. The first kappa shape index (κ1) is 13.5. The molecule has 17 heavy (non-hydrogen) atoms. The number of aliphatic carboxylic acids is 1. The number of carboxylic acids is 1. The minimum absolute atomic E-state index is 0.387. The van der Waals surface area contributed by atoms with E-state index in [4.69, 9.17) is 16.7 Å². The second kappa shape index (κ2) is 4.75. The van der Waals surface area contributed by atoms with Gasteiger partial charge in [0.15, 0.2) is 11.2 Å². The summed E-state index contributed by atoms with van der Waals surface area (Å²) >= 11 is 5.24. The van der Waals surface area contributed by atoms with Crippen LogP contribution < -0.4 is 0 Å². The number of Topliss-reactive ketones (excluding diaryl/α,β-unsaturated/α-hetero) is 1. The summed E-state index contributed by atoms with van der Waals surface area (Å²) in [7, 11) is 0. The van der Waals surface area contributed by atoms with Crippen molar-refractivity contribution in [2.45, 2.75) is 11.6 Å². The molecule has 0 heterocycles. The standard InChI is InChI=1S/C10H6ClF3O3/c11-7(9(16)17)8(15)5-2-1-3-6(4-5)10(12,13)14/h1-4,7H,(H,16,17). The topological polar surface area (TPSA) is 54.4 Å². The molecule has 0 radical (unpaired) electrons. The van der Waals surface area contributed by atoms with Crippen molar-refractivity contribution in [2.75, 3.05) is 0 Å². The third-order valence-corrected chi connectivity index (χ3v) is 2.31. The maximum Gasteiger partial charge on any atom is 0.416 e. The Kier molecular flexibility index (Phi) is 3.77. The number of carbonyl (C=O) groups is 2. The van der Waals surface area contributed by atoms with E-state index in [1.165, 1.54) is 0 Å². The average Bonchev–Trinajstić information content (AvgIpc) is 2.26. The van der Waals surface area contributed by atoms with E-state index in [-0.39, 0.29) is 5.56 Å². The van der Waals surface area contributed by atoms with Crippen molar-refractivity contribution in [3.05, 3.63) is 35.4 Å². The lowest BCUT2D eigenvalue weighted by Gasteiger charge is -2.08. The third-order valence-electron chi connectivity index (χ3n) is 1.92. The zero-order chi connectivity index (χ0) is 13.2. The Hall–Kier alpha value is -1.56. The van der Waals surface area contributed by atoms with Crippen LogP contribution in [0.25, 0.3) is 0 Å². The van der Waals surface area contributed by atoms with Gasteiger partial charge in [-0.25, -0.2) is 0 Å². The Balaban J connectivity index is 3.08. The van der Waals surface area contributed by atoms with Gasteiger partial charge < -0.3 is 5.11 Å². The molecule has 3 nitrogen and oxygen atoms in total. The zero-order valence-electron chi connectivity index (χ0n) is 8.16. The second-order valence-electron chi connectivity index (χ2n) is 3.14. The normalized spacial score (nSPS) is 13.2. The van der Waals surface area contributed by atoms with Gasteiger partial charge in [0.1, 0.15) is 0 Å². The molecule has 0 spiro atoms. The van der Waals surface area contributed by atoms with E-state index in [1.807, 2.05) is 0 Å². The van der Waals surface area contributed by atoms with Crippen LogP contribution in [0.4, 0.5) is 13.2 Å². The highest BCUT2D eigenvalue weighted by Gasteiger charge is 2.32. The number of alkyl halides is 4. The predicted molar refractivity (Wildman–Crippen MR) is 53.1 cm³/mol. The molecule has 1 atom stereocenters. The fourth-order valence-corrected chi connectivity index (χ4v) is 1.23. The van der Waals surface area contributed by atoms with Crippen molar-refractivity contribution >= 4 is 23.4 Å². The summed E-state index contributed by atoms with van der Waals surface area (Å²) in [6.45, 7) is 0. The molecule has 92 valence electrons. The Morgan fingerprint density at radius 3 is 2.35 bits per heavy atom.